The lowest BCUT2D eigenvalue weighted by Crippen LogP contribution is -2.63. The molecule has 0 aromatic carbocycles. The lowest BCUT2D eigenvalue weighted by Gasteiger charge is -2.58. The van der Waals surface area contributed by atoms with Crippen LogP contribution in [0.1, 0.15) is 59.8 Å². The Morgan fingerprint density at radius 2 is 2.05 bits per heavy atom. The standard InChI is InChI=1S/C31H47NO6/c1-7-8-11-32-15-26(36-6)21(5)38-27(16-32)37-18-30-14-23-20(4)9-10-24(23)29(17-33)13-22(30)12-25(19(2)3)31(29,30)28(34)35/h7,12,17,19-24,26-27H,1,8-11,13-16,18H2,2-6H3,(H,34,35)/t20-,21-,22?,23-,24-,26+,27-,29?,30?,31?/m1/s1. The maximum absolute atomic E-state index is 13.6. The van der Waals surface area contributed by atoms with E-state index in [-0.39, 0.29) is 36.6 Å². The Morgan fingerprint density at radius 3 is 2.68 bits per heavy atom. The van der Waals surface area contributed by atoms with Crippen LogP contribution in [-0.2, 0) is 23.8 Å². The zero-order valence-electron chi connectivity index (χ0n) is 23.9. The van der Waals surface area contributed by atoms with Gasteiger partial charge in [0.25, 0.3) is 0 Å². The van der Waals surface area contributed by atoms with Gasteiger partial charge in [-0.3, -0.25) is 9.69 Å². The maximum Gasteiger partial charge on any atom is 0.315 e. The SMILES string of the molecule is C=CCCN1C[C@H](OCC23C[C@@H]4[C@H](C)CC[C@H]4C4(C=O)CC2C=C(C(C)C)C34C(=O)O)O[C@H](C)[C@@H](OC)C1. The minimum Gasteiger partial charge on any atom is -0.481 e. The molecule has 0 spiro atoms. The predicted octanol–water partition coefficient (Wildman–Crippen LogP) is 4.57. The van der Waals surface area contributed by atoms with Gasteiger partial charge in [-0.1, -0.05) is 44.9 Å². The van der Waals surface area contributed by atoms with Crippen LogP contribution in [0.2, 0.25) is 0 Å². The van der Waals surface area contributed by atoms with Gasteiger partial charge >= 0.3 is 5.97 Å². The van der Waals surface area contributed by atoms with Gasteiger partial charge in [-0.2, -0.15) is 0 Å². The quantitative estimate of drug-likeness (QED) is 0.328. The third-order valence-corrected chi connectivity index (χ3v) is 11.3. The molecule has 7 heteroatoms. The average molecular weight is 530 g/mol. The molecular weight excluding hydrogens is 482 g/mol. The molecule has 38 heavy (non-hydrogen) atoms. The fourth-order valence-corrected chi connectivity index (χ4v) is 9.75. The van der Waals surface area contributed by atoms with Gasteiger partial charge < -0.3 is 24.1 Å². The summed E-state index contributed by atoms with van der Waals surface area (Å²) in [7, 11) is 1.71. The second-order valence-corrected chi connectivity index (χ2v) is 13.2. The van der Waals surface area contributed by atoms with Crippen molar-refractivity contribution >= 4 is 12.3 Å². The first-order valence-electron chi connectivity index (χ1n) is 14.7. The fourth-order valence-electron chi connectivity index (χ4n) is 9.75. The van der Waals surface area contributed by atoms with Crippen molar-refractivity contribution in [2.24, 2.45) is 45.8 Å². The Balaban J connectivity index is 1.52. The molecule has 0 radical (unpaired) electrons. The van der Waals surface area contributed by atoms with Crippen LogP contribution in [-0.4, -0.2) is 74.1 Å². The van der Waals surface area contributed by atoms with E-state index >= 15 is 0 Å². The Morgan fingerprint density at radius 1 is 1.29 bits per heavy atom. The van der Waals surface area contributed by atoms with E-state index < -0.39 is 28.5 Å². The highest BCUT2D eigenvalue weighted by Gasteiger charge is 2.84. The number of fused-ring (bicyclic) bond motifs is 2. The molecule has 4 unspecified atom stereocenters. The number of aldehydes is 1. The molecule has 4 bridgehead atoms. The van der Waals surface area contributed by atoms with Crippen LogP contribution in [0.3, 0.4) is 0 Å². The summed E-state index contributed by atoms with van der Waals surface area (Å²) in [6.45, 7) is 14.8. The molecule has 1 aliphatic heterocycles. The van der Waals surface area contributed by atoms with Crippen LogP contribution >= 0.6 is 0 Å². The molecule has 1 N–H and O–H groups in total. The number of carboxylic acids is 1. The lowest BCUT2D eigenvalue weighted by atomic mass is 9.43. The maximum atomic E-state index is 13.6. The number of rotatable bonds is 10. The number of ether oxygens (including phenoxy) is 3. The summed E-state index contributed by atoms with van der Waals surface area (Å²) in [6.07, 6.45) is 8.75. The molecule has 1 saturated heterocycles. The number of carbonyl (C=O) groups is 2. The molecule has 0 amide bonds. The average Bonchev–Trinajstić information content (AvgIpc) is 3.40. The summed E-state index contributed by atoms with van der Waals surface area (Å²) < 4.78 is 18.8. The molecule has 0 aromatic rings. The molecule has 5 aliphatic rings. The number of allylic oxidation sites excluding steroid dienone is 1. The number of hydrogen-bond donors (Lipinski definition) is 1. The van der Waals surface area contributed by atoms with E-state index in [4.69, 9.17) is 14.2 Å². The van der Waals surface area contributed by atoms with Crippen molar-refractivity contribution in [1.82, 2.24) is 4.90 Å². The smallest absolute Gasteiger partial charge is 0.315 e. The van der Waals surface area contributed by atoms with E-state index in [2.05, 4.69) is 38.3 Å². The van der Waals surface area contributed by atoms with Crippen molar-refractivity contribution in [2.45, 2.75) is 78.3 Å². The van der Waals surface area contributed by atoms with E-state index in [1.807, 2.05) is 13.0 Å². The van der Waals surface area contributed by atoms with Crippen molar-refractivity contribution in [1.29, 1.82) is 0 Å². The van der Waals surface area contributed by atoms with Gasteiger partial charge in [-0.05, 0) is 62.2 Å². The highest BCUT2D eigenvalue weighted by Crippen LogP contribution is 2.82. The summed E-state index contributed by atoms with van der Waals surface area (Å²) in [4.78, 5) is 29.2. The Hall–Kier alpha value is -1.54. The van der Waals surface area contributed by atoms with E-state index in [0.717, 1.165) is 50.6 Å². The molecule has 1 heterocycles. The van der Waals surface area contributed by atoms with E-state index in [9.17, 15) is 14.7 Å². The van der Waals surface area contributed by atoms with Gasteiger partial charge in [-0.25, -0.2) is 0 Å². The molecule has 10 atom stereocenters. The third-order valence-electron chi connectivity index (χ3n) is 11.3. The van der Waals surface area contributed by atoms with Gasteiger partial charge in [-0.15, -0.1) is 6.58 Å². The molecule has 4 fully saturated rings. The lowest BCUT2D eigenvalue weighted by molar-refractivity contribution is -0.220. The van der Waals surface area contributed by atoms with Crippen molar-refractivity contribution < 1.29 is 28.9 Å². The van der Waals surface area contributed by atoms with Gasteiger partial charge in [0.2, 0.25) is 0 Å². The van der Waals surface area contributed by atoms with E-state index in [1.165, 1.54) is 0 Å². The van der Waals surface area contributed by atoms with Crippen molar-refractivity contribution in [2.75, 3.05) is 33.4 Å². The zero-order chi connectivity index (χ0) is 27.5. The van der Waals surface area contributed by atoms with Crippen LogP contribution in [0.5, 0.6) is 0 Å². The zero-order valence-corrected chi connectivity index (χ0v) is 23.9. The van der Waals surface area contributed by atoms with Gasteiger partial charge in [0.15, 0.2) is 6.29 Å². The second kappa shape index (κ2) is 10.1. The fraction of sp³-hybridized carbons (Fsp3) is 0.806. The Labute approximate surface area is 227 Å². The molecular formula is C31H47NO6. The van der Waals surface area contributed by atoms with Gasteiger partial charge in [0.05, 0.1) is 24.2 Å². The predicted molar refractivity (Wildman–Crippen MR) is 144 cm³/mol. The van der Waals surface area contributed by atoms with Crippen molar-refractivity contribution in [3.8, 4) is 0 Å². The first-order valence-corrected chi connectivity index (χ1v) is 14.7. The van der Waals surface area contributed by atoms with E-state index in [0.29, 0.717) is 24.8 Å². The molecule has 4 aliphatic carbocycles. The highest BCUT2D eigenvalue weighted by atomic mass is 16.7. The number of carbonyl (C=O) groups excluding carboxylic acids is 1. The topological polar surface area (TPSA) is 85.3 Å². The number of methoxy groups -OCH3 is 1. The molecule has 0 aromatic heterocycles. The minimum atomic E-state index is -1.22. The summed E-state index contributed by atoms with van der Waals surface area (Å²) in [6, 6.07) is 0. The number of nitrogens with zero attached hydrogens (tertiary/aromatic N) is 1. The molecule has 3 saturated carbocycles. The van der Waals surface area contributed by atoms with Gasteiger partial charge in [0, 0.05) is 32.2 Å². The van der Waals surface area contributed by atoms with Gasteiger partial charge in [0.1, 0.15) is 11.7 Å². The Kier molecular flexibility index (Phi) is 7.47. The number of aliphatic carboxylic acids is 1. The first-order chi connectivity index (χ1) is 18.1. The van der Waals surface area contributed by atoms with Crippen LogP contribution < -0.4 is 0 Å². The summed E-state index contributed by atoms with van der Waals surface area (Å²) in [5.74, 6) is 0.182. The normalized spacial score (nSPS) is 46.1. The molecule has 7 nitrogen and oxygen atoms in total. The van der Waals surface area contributed by atoms with Crippen LogP contribution in [0, 0.1) is 45.8 Å². The highest BCUT2D eigenvalue weighted by molar-refractivity contribution is 5.90. The summed E-state index contributed by atoms with van der Waals surface area (Å²) in [5, 5.41) is 11.2. The summed E-state index contributed by atoms with van der Waals surface area (Å²) in [5.41, 5.74) is -1.80. The number of carboxylic acid groups (broad SMARTS) is 1. The van der Waals surface area contributed by atoms with Crippen LogP contribution in [0.25, 0.3) is 0 Å². The number of hydrogen-bond acceptors (Lipinski definition) is 6. The minimum absolute atomic E-state index is 0.0193. The van der Waals surface area contributed by atoms with Crippen LogP contribution in [0.4, 0.5) is 0 Å². The van der Waals surface area contributed by atoms with Crippen LogP contribution in [0.15, 0.2) is 24.3 Å². The van der Waals surface area contributed by atoms with Crippen molar-refractivity contribution in [3.05, 3.63) is 24.3 Å². The van der Waals surface area contributed by atoms with E-state index in [1.54, 1.807) is 7.11 Å². The second-order valence-electron chi connectivity index (χ2n) is 13.2. The molecule has 5 rings (SSSR count). The molecule has 212 valence electrons. The third kappa shape index (κ3) is 3.68. The largest absolute Gasteiger partial charge is 0.481 e. The van der Waals surface area contributed by atoms with Crippen molar-refractivity contribution in [3.63, 3.8) is 0 Å². The monoisotopic (exact) mass is 529 g/mol. The Bertz CT molecular complexity index is 979. The summed E-state index contributed by atoms with van der Waals surface area (Å²) >= 11 is 0. The first kappa shape index (κ1) is 28.0.